The maximum atomic E-state index is 5.07. The predicted molar refractivity (Wildman–Crippen MR) is 136 cm³/mol. The van der Waals surface area contributed by atoms with E-state index in [0.717, 1.165) is 19.4 Å². The molecular weight excluding hydrogens is 398 g/mol. The molecule has 3 heteroatoms. The largest absolute Gasteiger partial charge is 0.304 e. The van der Waals surface area contributed by atoms with E-state index in [-0.39, 0.29) is 0 Å². The molecular formula is C28H35NOS. The number of nitrogens with zero attached hydrogens (tertiary/aromatic N) is 1. The molecule has 0 saturated carbocycles. The van der Waals surface area contributed by atoms with Crippen LogP contribution in [0.3, 0.4) is 0 Å². The van der Waals surface area contributed by atoms with Gasteiger partial charge in [-0.3, -0.25) is 0 Å². The van der Waals surface area contributed by atoms with Gasteiger partial charge in [-0.15, -0.1) is 0 Å². The Morgan fingerprint density at radius 3 is 1.48 bits per heavy atom. The van der Waals surface area contributed by atoms with Gasteiger partial charge in [0.25, 0.3) is 0 Å². The molecule has 0 atom stereocenters. The smallest absolute Gasteiger partial charge is 0.0813 e. The minimum Gasteiger partial charge on any atom is -0.304 e. The number of hydrogen-bond donors (Lipinski definition) is 0. The van der Waals surface area contributed by atoms with Gasteiger partial charge in [0.05, 0.1) is 19.3 Å². The molecule has 0 aliphatic heterocycles. The number of rotatable bonds is 12. The molecule has 0 unspecified atom stereocenters. The topological polar surface area (TPSA) is 12.5 Å². The van der Waals surface area contributed by atoms with Gasteiger partial charge in [0, 0.05) is 6.54 Å². The summed E-state index contributed by atoms with van der Waals surface area (Å²) in [6.07, 6.45) is 7.27. The van der Waals surface area contributed by atoms with Crippen molar-refractivity contribution in [2.24, 2.45) is 0 Å². The first-order valence-electron chi connectivity index (χ1n) is 11.4. The Morgan fingerprint density at radius 2 is 1.06 bits per heavy atom. The van der Waals surface area contributed by atoms with Crippen LogP contribution >= 0.6 is 12.2 Å². The maximum Gasteiger partial charge on any atom is 0.0813 e. The Labute approximate surface area is 193 Å². The van der Waals surface area contributed by atoms with Crippen LogP contribution in [0.15, 0.2) is 72.8 Å². The third-order valence-corrected chi connectivity index (χ3v) is 6.25. The molecule has 0 heterocycles. The van der Waals surface area contributed by atoms with Crippen LogP contribution in [0.1, 0.15) is 43.7 Å². The van der Waals surface area contributed by atoms with E-state index in [9.17, 15) is 0 Å². The highest BCUT2D eigenvalue weighted by Crippen LogP contribution is 2.26. The molecule has 0 bridgehead atoms. The zero-order valence-electron chi connectivity index (χ0n) is 19.1. The van der Waals surface area contributed by atoms with Crippen molar-refractivity contribution < 1.29 is 4.18 Å². The summed E-state index contributed by atoms with van der Waals surface area (Å²) >= 11 is 1.40. The van der Waals surface area contributed by atoms with E-state index in [2.05, 4.69) is 91.1 Å². The lowest BCUT2D eigenvalue weighted by molar-refractivity contribution is 0.431. The third-order valence-electron chi connectivity index (χ3n) is 5.67. The van der Waals surface area contributed by atoms with Gasteiger partial charge in [-0.1, -0.05) is 92.6 Å². The van der Waals surface area contributed by atoms with Crippen molar-refractivity contribution in [3.8, 4) is 22.3 Å². The summed E-state index contributed by atoms with van der Waals surface area (Å²) in [7, 11) is 3.76. The van der Waals surface area contributed by atoms with Crippen LogP contribution < -0.4 is 0 Å². The number of benzene rings is 3. The molecule has 0 aromatic heterocycles. The summed E-state index contributed by atoms with van der Waals surface area (Å²) in [5.74, 6) is 0. The van der Waals surface area contributed by atoms with Crippen LogP contribution in [0.4, 0.5) is 0 Å². The van der Waals surface area contributed by atoms with Gasteiger partial charge in [0.1, 0.15) is 0 Å². The minimum atomic E-state index is 1.02. The first-order valence-corrected chi connectivity index (χ1v) is 12.1. The van der Waals surface area contributed by atoms with Crippen molar-refractivity contribution in [2.75, 3.05) is 20.7 Å². The number of unbranched alkanes of at least 4 members (excludes halogenated alkanes) is 2. The lowest BCUT2D eigenvalue weighted by atomic mass is 9.98. The van der Waals surface area contributed by atoms with Crippen molar-refractivity contribution in [3.63, 3.8) is 0 Å². The minimum absolute atomic E-state index is 1.02. The highest BCUT2D eigenvalue weighted by atomic mass is 32.2. The molecule has 0 amide bonds. The van der Waals surface area contributed by atoms with Crippen molar-refractivity contribution in [2.45, 2.75) is 45.4 Å². The molecule has 0 radical (unpaired) electrons. The second-order valence-electron chi connectivity index (χ2n) is 8.12. The SMILES string of the molecule is CCCCCc1ccc(-c2ccc(-c3ccc(CCCN(C)SOC)cc3)cc2)cc1. The second-order valence-corrected chi connectivity index (χ2v) is 9.23. The summed E-state index contributed by atoms with van der Waals surface area (Å²) in [5, 5.41) is 0. The highest BCUT2D eigenvalue weighted by molar-refractivity contribution is 7.92. The quantitative estimate of drug-likeness (QED) is 0.164. The van der Waals surface area contributed by atoms with Crippen LogP contribution in [-0.4, -0.2) is 25.0 Å². The summed E-state index contributed by atoms with van der Waals surface area (Å²) in [4.78, 5) is 0. The molecule has 3 rings (SSSR count). The molecule has 0 spiro atoms. The van der Waals surface area contributed by atoms with E-state index in [4.69, 9.17) is 4.18 Å². The lowest BCUT2D eigenvalue weighted by Crippen LogP contribution is -2.11. The standard InChI is InChI=1S/C28H35NOS/c1-4-5-6-8-23-10-14-25(15-11-23)27-18-20-28(21-19-27)26-16-12-24(13-17-26)9-7-22-29(2)31-30-3/h10-21H,4-9,22H2,1-3H3. The molecule has 0 aliphatic carbocycles. The molecule has 3 aromatic carbocycles. The zero-order chi connectivity index (χ0) is 21.9. The van der Waals surface area contributed by atoms with Gasteiger partial charge in [-0.2, -0.15) is 0 Å². The first-order chi connectivity index (χ1) is 15.2. The van der Waals surface area contributed by atoms with E-state index >= 15 is 0 Å². The van der Waals surface area contributed by atoms with Crippen LogP contribution in [0.25, 0.3) is 22.3 Å². The third kappa shape index (κ3) is 7.53. The average Bonchev–Trinajstić information content (AvgIpc) is 2.81. The molecule has 3 aromatic rings. The summed E-state index contributed by atoms with van der Waals surface area (Å²) in [5.41, 5.74) is 7.93. The second kappa shape index (κ2) is 12.7. The molecule has 0 aliphatic rings. The molecule has 31 heavy (non-hydrogen) atoms. The van der Waals surface area contributed by atoms with Gasteiger partial charge in [-0.25, -0.2) is 4.31 Å². The molecule has 0 saturated heterocycles. The molecule has 2 nitrogen and oxygen atoms in total. The van der Waals surface area contributed by atoms with Crippen LogP contribution in [-0.2, 0) is 17.0 Å². The summed E-state index contributed by atoms with van der Waals surface area (Å²) in [6.45, 7) is 3.27. The van der Waals surface area contributed by atoms with E-state index in [1.54, 1.807) is 7.11 Å². The zero-order valence-corrected chi connectivity index (χ0v) is 20.0. The fourth-order valence-corrected chi connectivity index (χ4v) is 4.29. The average molecular weight is 434 g/mol. The highest BCUT2D eigenvalue weighted by Gasteiger charge is 2.03. The first kappa shape index (κ1) is 23.6. The van der Waals surface area contributed by atoms with Gasteiger partial charge < -0.3 is 4.18 Å². The van der Waals surface area contributed by atoms with Gasteiger partial charge in [0.15, 0.2) is 0 Å². The van der Waals surface area contributed by atoms with Gasteiger partial charge >= 0.3 is 0 Å². The van der Waals surface area contributed by atoms with Crippen molar-refractivity contribution >= 4 is 12.2 Å². The van der Waals surface area contributed by atoms with Gasteiger partial charge in [0.2, 0.25) is 0 Å². The van der Waals surface area contributed by atoms with E-state index in [1.165, 1.54) is 71.3 Å². The molecule has 0 fully saturated rings. The molecule has 0 N–H and O–H groups in total. The van der Waals surface area contributed by atoms with Crippen LogP contribution in [0, 0.1) is 0 Å². The van der Waals surface area contributed by atoms with Crippen LogP contribution in [0.2, 0.25) is 0 Å². The Kier molecular flexibility index (Phi) is 9.67. The normalized spacial score (nSPS) is 11.2. The Morgan fingerprint density at radius 1 is 0.645 bits per heavy atom. The van der Waals surface area contributed by atoms with Crippen molar-refractivity contribution in [1.82, 2.24) is 4.31 Å². The van der Waals surface area contributed by atoms with Gasteiger partial charge in [-0.05, 0) is 66.1 Å². The number of aryl methyl sites for hydroxylation is 2. The van der Waals surface area contributed by atoms with Crippen molar-refractivity contribution in [3.05, 3.63) is 83.9 Å². The van der Waals surface area contributed by atoms with Crippen LogP contribution in [0.5, 0.6) is 0 Å². The van der Waals surface area contributed by atoms with E-state index in [1.807, 2.05) is 0 Å². The van der Waals surface area contributed by atoms with E-state index < -0.39 is 0 Å². The maximum absolute atomic E-state index is 5.07. The summed E-state index contributed by atoms with van der Waals surface area (Å²) in [6, 6.07) is 27.0. The fraction of sp³-hybridized carbons (Fsp3) is 0.357. The summed E-state index contributed by atoms with van der Waals surface area (Å²) < 4.78 is 7.19. The fourth-order valence-electron chi connectivity index (χ4n) is 3.83. The molecule has 164 valence electrons. The Hall–Kier alpha value is -2.07. The lowest BCUT2D eigenvalue weighted by Gasteiger charge is -2.12. The Bertz CT molecular complexity index is 888. The van der Waals surface area contributed by atoms with E-state index in [0.29, 0.717) is 0 Å². The Balaban J connectivity index is 1.56. The van der Waals surface area contributed by atoms with Crippen molar-refractivity contribution in [1.29, 1.82) is 0 Å². The monoisotopic (exact) mass is 433 g/mol. The predicted octanol–water partition coefficient (Wildman–Crippen LogP) is 7.83. The number of hydrogen-bond acceptors (Lipinski definition) is 3.